The van der Waals surface area contributed by atoms with Crippen molar-refractivity contribution in [3.63, 3.8) is 0 Å². The Hall–Kier alpha value is -3.33. The van der Waals surface area contributed by atoms with E-state index >= 15 is 0 Å². The monoisotopic (exact) mass is 428 g/mol. The van der Waals surface area contributed by atoms with Crippen LogP contribution in [0.4, 0.5) is 4.79 Å². The van der Waals surface area contributed by atoms with E-state index in [1.54, 1.807) is 36.4 Å². The normalized spacial score (nSPS) is 15.1. The van der Waals surface area contributed by atoms with Crippen molar-refractivity contribution in [2.24, 2.45) is 5.73 Å². The van der Waals surface area contributed by atoms with Crippen LogP contribution in [0.5, 0.6) is 0 Å². The van der Waals surface area contributed by atoms with Gasteiger partial charge < -0.3 is 14.9 Å². The average molecular weight is 428 g/mol. The third-order valence-electron chi connectivity index (χ3n) is 4.22. The number of primary amides is 1. The molecule has 8 nitrogen and oxygen atoms in total. The highest BCUT2D eigenvalue weighted by Crippen LogP contribution is 2.33. The molecule has 156 valence electrons. The molecule has 1 saturated heterocycles. The van der Waals surface area contributed by atoms with Gasteiger partial charge in [-0.05, 0) is 42.4 Å². The first-order chi connectivity index (χ1) is 14.4. The minimum Gasteiger partial charge on any atom is -0.462 e. The molecule has 0 bridgehead atoms. The molecular formula is C21H20N2O6S. The van der Waals surface area contributed by atoms with E-state index in [1.807, 2.05) is 6.92 Å². The Labute approximate surface area is 177 Å². The molecule has 1 aromatic heterocycles. The molecule has 9 heteroatoms. The van der Waals surface area contributed by atoms with E-state index in [2.05, 4.69) is 0 Å². The third kappa shape index (κ3) is 4.98. The van der Waals surface area contributed by atoms with Gasteiger partial charge in [-0.2, -0.15) is 0 Å². The fourth-order valence-electron chi connectivity index (χ4n) is 2.67. The summed E-state index contributed by atoms with van der Waals surface area (Å²) in [5.41, 5.74) is 6.25. The maximum Gasteiger partial charge on any atom is 0.338 e. The molecule has 0 unspecified atom stereocenters. The molecule has 0 aliphatic carbocycles. The van der Waals surface area contributed by atoms with Gasteiger partial charge in [0, 0.05) is 11.6 Å². The molecule has 1 aliphatic heterocycles. The second-order valence-corrected chi connectivity index (χ2v) is 7.50. The van der Waals surface area contributed by atoms with Gasteiger partial charge in [0.05, 0.1) is 17.1 Å². The van der Waals surface area contributed by atoms with Crippen molar-refractivity contribution in [2.75, 3.05) is 13.2 Å². The van der Waals surface area contributed by atoms with Gasteiger partial charge in [0.1, 0.15) is 18.1 Å². The number of hydrogen-bond donors (Lipinski definition) is 1. The number of amides is 3. The Morgan fingerprint density at radius 3 is 2.57 bits per heavy atom. The van der Waals surface area contributed by atoms with E-state index in [1.165, 1.54) is 6.08 Å². The van der Waals surface area contributed by atoms with Gasteiger partial charge in [0.25, 0.3) is 11.1 Å². The highest BCUT2D eigenvalue weighted by molar-refractivity contribution is 8.18. The highest BCUT2D eigenvalue weighted by Gasteiger charge is 2.36. The molecule has 2 N–H and O–H groups in total. The van der Waals surface area contributed by atoms with Gasteiger partial charge in [0.15, 0.2) is 0 Å². The second-order valence-electron chi connectivity index (χ2n) is 6.50. The van der Waals surface area contributed by atoms with Crippen molar-refractivity contribution < 1.29 is 28.3 Å². The van der Waals surface area contributed by atoms with Crippen LogP contribution in [0.2, 0.25) is 0 Å². The Bertz CT molecular complexity index is 1010. The number of carbonyl (C=O) groups excluding carboxylic acids is 4. The van der Waals surface area contributed by atoms with Crippen molar-refractivity contribution in [1.82, 2.24) is 4.90 Å². The number of benzene rings is 1. The number of hydrogen-bond acceptors (Lipinski definition) is 7. The summed E-state index contributed by atoms with van der Waals surface area (Å²) in [4.78, 5) is 48.0. The van der Waals surface area contributed by atoms with Crippen LogP contribution in [0.15, 0.2) is 45.7 Å². The van der Waals surface area contributed by atoms with Gasteiger partial charge in [-0.25, -0.2) is 4.79 Å². The van der Waals surface area contributed by atoms with Crippen LogP contribution in [0.3, 0.4) is 0 Å². The molecule has 2 heterocycles. The molecular weight excluding hydrogens is 408 g/mol. The summed E-state index contributed by atoms with van der Waals surface area (Å²) in [7, 11) is 0. The molecule has 0 spiro atoms. The van der Waals surface area contributed by atoms with E-state index in [4.69, 9.17) is 14.9 Å². The van der Waals surface area contributed by atoms with Crippen molar-refractivity contribution in [1.29, 1.82) is 0 Å². The quantitative estimate of drug-likeness (QED) is 0.388. The summed E-state index contributed by atoms with van der Waals surface area (Å²) >= 11 is 0.716. The lowest BCUT2D eigenvalue weighted by Gasteiger charge is -2.08. The summed E-state index contributed by atoms with van der Waals surface area (Å²) in [6, 6.07) is 10.2. The SMILES string of the molecule is CCCCOC(=O)c1ccc(-c2ccc(/C=C3\SC(=O)N(CC(N)=O)C3=O)o2)cc1. The second kappa shape index (κ2) is 9.45. The summed E-state index contributed by atoms with van der Waals surface area (Å²) in [6.45, 7) is 1.95. The zero-order valence-corrected chi connectivity index (χ0v) is 17.1. The van der Waals surface area contributed by atoms with Crippen LogP contribution in [0.1, 0.15) is 35.9 Å². The third-order valence-corrected chi connectivity index (χ3v) is 5.13. The molecule has 30 heavy (non-hydrogen) atoms. The summed E-state index contributed by atoms with van der Waals surface area (Å²) < 4.78 is 10.9. The fraction of sp³-hybridized carbons (Fsp3) is 0.238. The Balaban J connectivity index is 1.70. The first-order valence-electron chi connectivity index (χ1n) is 9.30. The van der Waals surface area contributed by atoms with Crippen LogP contribution < -0.4 is 5.73 Å². The maximum absolute atomic E-state index is 12.3. The zero-order valence-electron chi connectivity index (χ0n) is 16.3. The number of thioether (sulfide) groups is 1. The predicted octanol–water partition coefficient (Wildman–Crippen LogP) is 3.43. The number of rotatable bonds is 8. The Kier molecular flexibility index (Phi) is 6.73. The smallest absolute Gasteiger partial charge is 0.338 e. The lowest BCUT2D eigenvalue weighted by atomic mass is 10.1. The molecule has 1 aliphatic rings. The number of nitrogens with zero attached hydrogens (tertiary/aromatic N) is 1. The zero-order chi connectivity index (χ0) is 21.7. The maximum atomic E-state index is 12.3. The van der Waals surface area contributed by atoms with Crippen LogP contribution in [-0.2, 0) is 14.3 Å². The largest absolute Gasteiger partial charge is 0.462 e. The first kappa shape index (κ1) is 21.4. The summed E-state index contributed by atoms with van der Waals surface area (Å²) in [6.07, 6.45) is 3.21. The standard InChI is InChI=1S/C21H20N2O6S/c1-2-3-10-28-20(26)14-6-4-13(5-7-14)16-9-8-15(29-16)11-17-19(25)23(12-18(22)24)21(27)30-17/h4-9,11H,2-3,10,12H2,1H3,(H2,22,24)/b17-11-. The molecule has 0 radical (unpaired) electrons. The molecule has 0 saturated carbocycles. The first-order valence-corrected chi connectivity index (χ1v) is 10.1. The van der Waals surface area contributed by atoms with Crippen LogP contribution in [0.25, 0.3) is 17.4 Å². The molecule has 2 aromatic rings. The van der Waals surface area contributed by atoms with Gasteiger partial charge in [0.2, 0.25) is 5.91 Å². The van der Waals surface area contributed by atoms with Crippen molar-refractivity contribution >= 4 is 40.9 Å². The van der Waals surface area contributed by atoms with Crippen molar-refractivity contribution in [2.45, 2.75) is 19.8 Å². The van der Waals surface area contributed by atoms with Gasteiger partial charge >= 0.3 is 5.97 Å². The average Bonchev–Trinajstić information content (AvgIpc) is 3.28. The van der Waals surface area contributed by atoms with Crippen LogP contribution >= 0.6 is 11.8 Å². The van der Waals surface area contributed by atoms with Crippen molar-refractivity contribution in [3.8, 4) is 11.3 Å². The van der Waals surface area contributed by atoms with E-state index in [0.29, 0.717) is 35.5 Å². The Morgan fingerprint density at radius 2 is 1.90 bits per heavy atom. The van der Waals surface area contributed by atoms with Crippen LogP contribution in [0, 0.1) is 0 Å². The van der Waals surface area contributed by atoms with Gasteiger partial charge in [-0.1, -0.05) is 25.5 Å². The lowest BCUT2D eigenvalue weighted by Crippen LogP contribution is -2.36. The van der Waals surface area contributed by atoms with E-state index in [0.717, 1.165) is 23.3 Å². The summed E-state index contributed by atoms with van der Waals surface area (Å²) in [5, 5.41) is -0.557. The number of ether oxygens (including phenoxy) is 1. The molecule has 1 aromatic carbocycles. The van der Waals surface area contributed by atoms with E-state index in [9.17, 15) is 19.2 Å². The molecule has 1 fully saturated rings. The van der Waals surface area contributed by atoms with E-state index < -0.39 is 23.6 Å². The highest BCUT2D eigenvalue weighted by atomic mass is 32.2. The minimum atomic E-state index is -0.767. The number of esters is 1. The fourth-order valence-corrected chi connectivity index (χ4v) is 3.49. The summed E-state index contributed by atoms with van der Waals surface area (Å²) in [5.74, 6) is -0.827. The van der Waals surface area contributed by atoms with Crippen LogP contribution in [-0.4, -0.2) is 41.1 Å². The number of furan rings is 1. The number of carbonyl (C=O) groups is 4. The molecule has 3 amide bonds. The predicted molar refractivity (Wildman–Crippen MR) is 111 cm³/mol. The molecule has 0 atom stereocenters. The number of nitrogens with two attached hydrogens (primary N) is 1. The van der Waals surface area contributed by atoms with Gasteiger partial charge in [-0.15, -0.1) is 0 Å². The van der Waals surface area contributed by atoms with Gasteiger partial charge in [-0.3, -0.25) is 19.3 Å². The van der Waals surface area contributed by atoms with E-state index in [-0.39, 0.29) is 10.9 Å². The topological polar surface area (TPSA) is 120 Å². The number of imide groups is 1. The van der Waals surface area contributed by atoms with Crippen molar-refractivity contribution in [3.05, 3.63) is 52.6 Å². The molecule has 3 rings (SSSR count). The number of unbranched alkanes of at least 4 members (excludes halogenated alkanes) is 1. The minimum absolute atomic E-state index is 0.146. The lowest BCUT2D eigenvalue weighted by molar-refractivity contribution is -0.127. The Morgan fingerprint density at radius 1 is 1.17 bits per heavy atom.